The Morgan fingerprint density at radius 3 is 2.29 bits per heavy atom. The summed E-state index contributed by atoms with van der Waals surface area (Å²) in [6.07, 6.45) is 0.868. The number of methoxy groups -OCH3 is 1. The fourth-order valence-corrected chi connectivity index (χ4v) is 2.38. The van der Waals surface area contributed by atoms with Crippen LogP contribution in [-0.4, -0.2) is 61.7 Å². The van der Waals surface area contributed by atoms with Gasteiger partial charge in [-0.25, -0.2) is 0 Å². The van der Waals surface area contributed by atoms with Crippen LogP contribution in [0.2, 0.25) is 0 Å². The van der Waals surface area contributed by atoms with Crippen molar-refractivity contribution in [3.63, 3.8) is 0 Å². The predicted octanol–water partition coefficient (Wildman–Crippen LogP) is 2.09. The van der Waals surface area contributed by atoms with Gasteiger partial charge in [-0.1, -0.05) is 19.1 Å². The number of nitrogens with zero attached hydrogens (tertiary/aromatic N) is 2. The van der Waals surface area contributed by atoms with Crippen molar-refractivity contribution in [1.82, 2.24) is 9.80 Å². The highest BCUT2D eigenvalue weighted by Gasteiger charge is 2.21. The normalized spacial score (nSPS) is 12.7. The summed E-state index contributed by atoms with van der Waals surface area (Å²) in [5.41, 5.74) is 1.12. The molecule has 0 bridgehead atoms. The van der Waals surface area contributed by atoms with Crippen LogP contribution >= 0.6 is 0 Å². The third-order valence-electron chi connectivity index (χ3n) is 3.50. The van der Waals surface area contributed by atoms with Crippen molar-refractivity contribution in [3.8, 4) is 5.75 Å². The maximum atomic E-state index is 11.1. The number of ether oxygens (including phenoxy) is 1. The van der Waals surface area contributed by atoms with Gasteiger partial charge < -0.3 is 14.7 Å². The molecule has 1 aromatic carbocycles. The van der Waals surface area contributed by atoms with Crippen LogP contribution in [0.3, 0.4) is 0 Å². The second kappa shape index (κ2) is 8.64. The first-order valence-electron chi connectivity index (χ1n) is 7.22. The molecular formula is C16H26N2O3. The van der Waals surface area contributed by atoms with Crippen molar-refractivity contribution in [2.45, 2.75) is 19.4 Å². The zero-order chi connectivity index (χ0) is 15.8. The van der Waals surface area contributed by atoms with Crippen LogP contribution in [0.15, 0.2) is 24.3 Å². The van der Waals surface area contributed by atoms with Crippen LogP contribution in [0.1, 0.15) is 24.9 Å². The van der Waals surface area contributed by atoms with Gasteiger partial charge >= 0.3 is 5.97 Å². The van der Waals surface area contributed by atoms with Crippen molar-refractivity contribution < 1.29 is 14.6 Å². The highest BCUT2D eigenvalue weighted by Crippen LogP contribution is 2.25. The number of rotatable bonds is 9. The van der Waals surface area contributed by atoms with Crippen LogP contribution in [0.25, 0.3) is 0 Å². The molecule has 0 aliphatic heterocycles. The molecule has 1 aromatic rings. The second-order valence-corrected chi connectivity index (χ2v) is 5.36. The van der Waals surface area contributed by atoms with Crippen molar-refractivity contribution in [1.29, 1.82) is 0 Å². The predicted molar refractivity (Wildman–Crippen MR) is 83.8 cm³/mol. The van der Waals surface area contributed by atoms with E-state index in [2.05, 4.69) is 11.8 Å². The standard InChI is InChI=1S/C16H26N2O3/c1-5-15(13-6-8-14(21-4)9-7-13)18(12-16(19)20)11-10-17(2)3/h6-9,15H,5,10-12H2,1-4H3,(H,19,20). The summed E-state index contributed by atoms with van der Waals surface area (Å²) in [6, 6.07) is 7.97. The fraction of sp³-hybridized carbons (Fsp3) is 0.562. The first kappa shape index (κ1) is 17.5. The number of benzene rings is 1. The van der Waals surface area contributed by atoms with E-state index in [9.17, 15) is 4.79 Å². The van der Waals surface area contributed by atoms with E-state index in [-0.39, 0.29) is 12.6 Å². The van der Waals surface area contributed by atoms with E-state index in [1.54, 1.807) is 7.11 Å². The number of hydrogen-bond donors (Lipinski definition) is 1. The molecule has 0 fully saturated rings. The molecule has 0 heterocycles. The number of likely N-dealkylation sites (N-methyl/N-ethyl adjacent to an activating group) is 1. The molecule has 118 valence electrons. The molecule has 0 spiro atoms. The topological polar surface area (TPSA) is 53.0 Å². The Morgan fingerprint density at radius 1 is 1.24 bits per heavy atom. The Kier molecular flexibility index (Phi) is 7.19. The molecule has 0 amide bonds. The minimum atomic E-state index is -0.791. The van der Waals surface area contributed by atoms with E-state index in [1.165, 1.54) is 0 Å². The molecule has 5 nitrogen and oxygen atoms in total. The zero-order valence-electron chi connectivity index (χ0n) is 13.4. The minimum absolute atomic E-state index is 0.0539. The molecule has 0 radical (unpaired) electrons. The first-order chi connectivity index (χ1) is 9.97. The van der Waals surface area contributed by atoms with Gasteiger partial charge in [0.1, 0.15) is 5.75 Å². The van der Waals surface area contributed by atoms with E-state index in [0.717, 1.165) is 30.8 Å². The summed E-state index contributed by atoms with van der Waals surface area (Å²) in [5.74, 6) is 0.0207. The number of aliphatic carboxylic acids is 1. The van der Waals surface area contributed by atoms with Gasteiger partial charge in [0, 0.05) is 19.1 Å². The van der Waals surface area contributed by atoms with E-state index in [0.29, 0.717) is 0 Å². The van der Waals surface area contributed by atoms with Gasteiger partial charge in [0.2, 0.25) is 0 Å². The smallest absolute Gasteiger partial charge is 0.317 e. The summed E-state index contributed by atoms with van der Waals surface area (Å²) < 4.78 is 5.17. The quantitative estimate of drug-likeness (QED) is 0.756. The van der Waals surface area contributed by atoms with Crippen molar-refractivity contribution in [3.05, 3.63) is 29.8 Å². The van der Waals surface area contributed by atoms with Gasteiger partial charge in [-0.15, -0.1) is 0 Å². The van der Waals surface area contributed by atoms with Gasteiger partial charge in [-0.05, 0) is 38.2 Å². The summed E-state index contributed by atoms with van der Waals surface area (Å²) in [7, 11) is 5.63. The van der Waals surface area contributed by atoms with Crippen LogP contribution in [0, 0.1) is 0 Å². The van der Waals surface area contributed by atoms with Crippen LogP contribution in [0.4, 0.5) is 0 Å². The third-order valence-corrected chi connectivity index (χ3v) is 3.50. The minimum Gasteiger partial charge on any atom is -0.497 e. The van der Waals surface area contributed by atoms with Crippen LogP contribution in [-0.2, 0) is 4.79 Å². The highest BCUT2D eigenvalue weighted by atomic mass is 16.5. The Bertz CT molecular complexity index is 432. The molecule has 0 aliphatic rings. The molecule has 1 rings (SSSR count). The molecule has 0 aromatic heterocycles. The maximum absolute atomic E-state index is 11.1. The highest BCUT2D eigenvalue weighted by molar-refractivity contribution is 5.69. The number of hydrogen-bond acceptors (Lipinski definition) is 4. The van der Waals surface area contributed by atoms with Gasteiger partial charge in [0.25, 0.3) is 0 Å². The maximum Gasteiger partial charge on any atom is 0.317 e. The number of carbonyl (C=O) groups is 1. The Hall–Kier alpha value is -1.59. The SMILES string of the molecule is CCC(c1ccc(OC)cc1)N(CCN(C)C)CC(=O)O. The van der Waals surface area contributed by atoms with E-state index >= 15 is 0 Å². The third kappa shape index (κ3) is 5.73. The Balaban J connectivity index is 2.89. The summed E-state index contributed by atoms with van der Waals surface area (Å²) in [6.45, 7) is 3.70. The lowest BCUT2D eigenvalue weighted by molar-refractivity contribution is -0.139. The molecule has 1 N–H and O–H groups in total. The van der Waals surface area contributed by atoms with Crippen molar-refractivity contribution in [2.24, 2.45) is 0 Å². The molecule has 5 heteroatoms. The van der Waals surface area contributed by atoms with Crippen LogP contribution < -0.4 is 4.74 Å². The Morgan fingerprint density at radius 2 is 1.86 bits per heavy atom. The van der Waals surface area contributed by atoms with E-state index in [1.807, 2.05) is 43.3 Å². The summed E-state index contributed by atoms with van der Waals surface area (Å²) in [5, 5.41) is 9.15. The first-order valence-corrected chi connectivity index (χ1v) is 7.22. The lowest BCUT2D eigenvalue weighted by Gasteiger charge is -2.31. The van der Waals surface area contributed by atoms with E-state index < -0.39 is 5.97 Å². The molecule has 1 unspecified atom stereocenters. The fourth-order valence-electron chi connectivity index (χ4n) is 2.38. The number of carboxylic acids is 1. The van der Waals surface area contributed by atoms with Gasteiger partial charge in [-0.3, -0.25) is 9.69 Å². The molecule has 0 aliphatic carbocycles. The average molecular weight is 294 g/mol. The summed E-state index contributed by atoms with van der Waals surface area (Å²) in [4.78, 5) is 15.2. The molecule has 0 saturated heterocycles. The molecule has 21 heavy (non-hydrogen) atoms. The monoisotopic (exact) mass is 294 g/mol. The average Bonchev–Trinajstić information content (AvgIpc) is 2.45. The summed E-state index contributed by atoms with van der Waals surface area (Å²) >= 11 is 0. The molecular weight excluding hydrogens is 268 g/mol. The van der Waals surface area contributed by atoms with Crippen LogP contribution in [0.5, 0.6) is 5.75 Å². The second-order valence-electron chi connectivity index (χ2n) is 5.36. The van der Waals surface area contributed by atoms with Crippen molar-refractivity contribution in [2.75, 3.05) is 40.8 Å². The van der Waals surface area contributed by atoms with Crippen molar-refractivity contribution >= 4 is 5.97 Å². The largest absolute Gasteiger partial charge is 0.497 e. The Labute approximate surface area is 127 Å². The molecule has 0 saturated carbocycles. The zero-order valence-corrected chi connectivity index (χ0v) is 13.4. The lowest BCUT2D eigenvalue weighted by atomic mass is 10.0. The van der Waals surface area contributed by atoms with E-state index in [4.69, 9.17) is 9.84 Å². The van der Waals surface area contributed by atoms with Gasteiger partial charge in [0.15, 0.2) is 0 Å². The number of carboxylic acid groups (broad SMARTS) is 1. The lowest BCUT2D eigenvalue weighted by Crippen LogP contribution is -2.38. The van der Waals surface area contributed by atoms with Gasteiger partial charge in [-0.2, -0.15) is 0 Å². The van der Waals surface area contributed by atoms with Gasteiger partial charge in [0.05, 0.1) is 13.7 Å². The molecule has 1 atom stereocenters.